The number of carbonyl (C=O) groups excluding carboxylic acids is 1. The Hall–Kier alpha value is -2.68. The van der Waals surface area contributed by atoms with E-state index in [0.29, 0.717) is 29.0 Å². The highest BCUT2D eigenvalue weighted by molar-refractivity contribution is 6.43. The molecule has 2 aliphatic heterocycles. The number of halogens is 2. The topological polar surface area (TPSA) is 72.8 Å². The summed E-state index contributed by atoms with van der Waals surface area (Å²) in [6, 6.07) is 11.8. The number of nitrogens with zero attached hydrogens (tertiary/aromatic N) is 3. The number of methoxy groups -OCH3 is 1. The van der Waals surface area contributed by atoms with Crippen molar-refractivity contribution in [3.8, 4) is 5.75 Å². The number of anilines is 1. The molecule has 36 heavy (non-hydrogen) atoms. The third-order valence-electron chi connectivity index (χ3n) is 6.26. The molecule has 2 aliphatic rings. The molecule has 2 aromatic carbocycles. The summed E-state index contributed by atoms with van der Waals surface area (Å²) < 4.78 is 20.6. The van der Waals surface area contributed by atoms with Gasteiger partial charge in [-0.05, 0) is 49.6 Å². The molecule has 0 spiro atoms. The molecule has 1 fully saturated rings. The minimum Gasteiger partial charge on any atom is -0.494 e. The van der Waals surface area contributed by atoms with Crippen LogP contribution in [0.1, 0.15) is 24.8 Å². The second kappa shape index (κ2) is 13.0. The lowest BCUT2D eigenvalue weighted by molar-refractivity contribution is 0.00865. The van der Waals surface area contributed by atoms with E-state index in [1.54, 1.807) is 0 Å². The van der Waals surface area contributed by atoms with Crippen LogP contribution < -0.4 is 9.64 Å². The number of hydrogen-bond acceptors (Lipinski definition) is 8. The molecule has 0 unspecified atom stereocenters. The van der Waals surface area contributed by atoms with Crippen LogP contribution in [-0.2, 0) is 20.6 Å². The third-order valence-corrected chi connectivity index (χ3v) is 7.07. The van der Waals surface area contributed by atoms with E-state index < -0.39 is 6.16 Å². The largest absolute Gasteiger partial charge is 0.510 e. The molecule has 194 valence electrons. The number of benzene rings is 2. The average Bonchev–Trinajstić information content (AvgIpc) is 2.90. The van der Waals surface area contributed by atoms with Gasteiger partial charge in [0.25, 0.3) is 0 Å². The number of aryl methyl sites for hydroxylation is 1. The van der Waals surface area contributed by atoms with Crippen LogP contribution in [0.3, 0.4) is 0 Å². The maximum Gasteiger partial charge on any atom is 0.510 e. The van der Waals surface area contributed by atoms with Gasteiger partial charge in [0.05, 0.1) is 35.1 Å². The number of aliphatic imine (C=N–C) groups is 1. The van der Waals surface area contributed by atoms with Crippen LogP contribution in [-0.4, -0.2) is 70.2 Å². The van der Waals surface area contributed by atoms with Crippen molar-refractivity contribution in [3.63, 3.8) is 0 Å². The Labute approximate surface area is 221 Å². The summed E-state index contributed by atoms with van der Waals surface area (Å²) in [4.78, 5) is 20.3. The van der Waals surface area contributed by atoms with Crippen LogP contribution in [0.25, 0.3) is 0 Å². The molecule has 2 aromatic rings. The Morgan fingerprint density at radius 1 is 1.03 bits per heavy atom. The average molecular weight is 536 g/mol. The number of rotatable bonds is 9. The molecule has 1 saturated heterocycles. The third kappa shape index (κ3) is 7.18. The molecule has 2 heterocycles. The van der Waals surface area contributed by atoms with Crippen LogP contribution in [0.5, 0.6) is 5.75 Å². The highest BCUT2D eigenvalue weighted by Gasteiger charge is 2.19. The zero-order valence-corrected chi connectivity index (χ0v) is 21.9. The maximum absolute atomic E-state index is 11.0. The minimum atomic E-state index is -0.785. The summed E-state index contributed by atoms with van der Waals surface area (Å²) in [6.07, 6.45) is 2.72. The zero-order chi connectivity index (χ0) is 25.3. The maximum atomic E-state index is 11.0. The SMILES string of the molecule is COC(=O)OCOC1=Nc2cc(OCCCCN3CCN(c4cccc(Cl)c4Cl)CC3)ccc2CC1. The minimum absolute atomic E-state index is 0.222. The standard InChI is InChI=1S/C26H31Cl2N3O5/c1-33-26(32)36-18-35-24-10-8-19-7-9-20(17-22(19)29-24)34-16-3-2-11-30-12-14-31(15-13-30)23-6-4-5-21(27)25(23)28/h4-7,9,17H,2-3,8,10-16,18H2,1H3. The van der Waals surface area contributed by atoms with Crippen molar-refractivity contribution < 1.29 is 23.7 Å². The van der Waals surface area contributed by atoms with Crippen molar-refractivity contribution in [2.75, 3.05) is 58.1 Å². The molecular formula is C26H31Cl2N3O5. The van der Waals surface area contributed by atoms with Gasteiger partial charge in [0, 0.05) is 38.7 Å². The van der Waals surface area contributed by atoms with E-state index in [1.165, 1.54) is 7.11 Å². The summed E-state index contributed by atoms with van der Waals surface area (Å²) in [6.45, 7) is 5.35. The van der Waals surface area contributed by atoms with Crippen LogP contribution in [0.2, 0.25) is 10.0 Å². The van der Waals surface area contributed by atoms with Gasteiger partial charge in [-0.2, -0.15) is 0 Å². The molecule has 0 bridgehead atoms. The summed E-state index contributed by atoms with van der Waals surface area (Å²) in [5, 5.41) is 1.23. The Morgan fingerprint density at radius 3 is 2.67 bits per heavy atom. The van der Waals surface area contributed by atoms with Gasteiger partial charge in [0.2, 0.25) is 6.79 Å². The van der Waals surface area contributed by atoms with E-state index in [-0.39, 0.29) is 6.79 Å². The van der Waals surface area contributed by atoms with Gasteiger partial charge in [-0.15, -0.1) is 0 Å². The van der Waals surface area contributed by atoms with Crippen molar-refractivity contribution in [2.24, 2.45) is 4.99 Å². The van der Waals surface area contributed by atoms with Gasteiger partial charge in [-0.3, -0.25) is 4.90 Å². The van der Waals surface area contributed by atoms with E-state index in [0.717, 1.165) is 74.7 Å². The monoisotopic (exact) mass is 535 g/mol. The normalized spacial score (nSPS) is 15.6. The van der Waals surface area contributed by atoms with Gasteiger partial charge < -0.3 is 23.8 Å². The van der Waals surface area contributed by atoms with Gasteiger partial charge in [-0.1, -0.05) is 35.3 Å². The molecule has 0 aromatic heterocycles. The first kappa shape index (κ1) is 26.4. The molecule has 0 N–H and O–H groups in total. The number of ether oxygens (including phenoxy) is 4. The van der Waals surface area contributed by atoms with E-state index in [1.807, 2.05) is 36.4 Å². The summed E-state index contributed by atoms with van der Waals surface area (Å²) in [5.74, 6) is 1.32. The summed E-state index contributed by atoms with van der Waals surface area (Å²) in [5.41, 5.74) is 2.98. The molecule has 0 aliphatic carbocycles. The van der Waals surface area contributed by atoms with E-state index in [9.17, 15) is 4.79 Å². The van der Waals surface area contributed by atoms with Crippen molar-refractivity contribution in [3.05, 3.63) is 52.0 Å². The Kier molecular flexibility index (Phi) is 9.55. The molecule has 0 atom stereocenters. The first-order chi connectivity index (χ1) is 17.5. The molecule has 0 radical (unpaired) electrons. The fraction of sp³-hybridized carbons (Fsp3) is 0.462. The first-order valence-corrected chi connectivity index (χ1v) is 12.9. The van der Waals surface area contributed by atoms with E-state index >= 15 is 0 Å². The van der Waals surface area contributed by atoms with Crippen LogP contribution >= 0.6 is 23.2 Å². The number of fused-ring (bicyclic) bond motifs is 1. The van der Waals surface area contributed by atoms with Crippen molar-refractivity contribution in [1.82, 2.24) is 4.90 Å². The molecule has 0 saturated carbocycles. The van der Waals surface area contributed by atoms with Gasteiger partial charge in [0.1, 0.15) is 5.75 Å². The van der Waals surface area contributed by atoms with Gasteiger partial charge in [0.15, 0.2) is 5.90 Å². The number of hydrogen-bond donors (Lipinski definition) is 0. The zero-order valence-electron chi connectivity index (χ0n) is 20.4. The first-order valence-electron chi connectivity index (χ1n) is 12.1. The summed E-state index contributed by atoms with van der Waals surface area (Å²) in [7, 11) is 1.25. The Balaban J connectivity index is 1.15. The molecule has 0 amide bonds. The van der Waals surface area contributed by atoms with Crippen LogP contribution in [0, 0.1) is 0 Å². The van der Waals surface area contributed by atoms with E-state index in [2.05, 4.69) is 19.5 Å². The second-order valence-electron chi connectivity index (χ2n) is 8.61. The predicted octanol–water partition coefficient (Wildman–Crippen LogP) is 5.71. The second-order valence-corrected chi connectivity index (χ2v) is 9.40. The van der Waals surface area contributed by atoms with Gasteiger partial charge >= 0.3 is 6.16 Å². The van der Waals surface area contributed by atoms with Crippen molar-refractivity contribution in [1.29, 1.82) is 0 Å². The fourth-order valence-corrected chi connectivity index (χ4v) is 4.68. The molecular weight excluding hydrogens is 505 g/mol. The predicted molar refractivity (Wildman–Crippen MR) is 141 cm³/mol. The van der Waals surface area contributed by atoms with Gasteiger partial charge in [-0.25, -0.2) is 9.79 Å². The molecule has 10 heteroatoms. The van der Waals surface area contributed by atoms with Crippen molar-refractivity contribution >= 4 is 46.6 Å². The van der Waals surface area contributed by atoms with E-state index in [4.69, 9.17) is 37.4 Å². The quantitative estimate of drug-likeness (QED) is 0.231. The fourth-order valence-electron chi connectivity index (χ4n) is 4.27. The smallest absolute Gasteiger partial charge is 0.494 e. The molecule has 4 rings (SSSR count). The Bertz CT molecular complexity index is 1070. The number of carbonyl (C=O) groups is 1. The lowest BCUT2D eigenvalue weighted by atomic mass is 10.0. The number of unbranched alkanes of at least 4 members (excludes halogenated alkanes) is 1. The Morgan fingerprint density at radius 2 is 1.86 bits per heavy atom. The highest BCUT2D eigenvalue weighted by Crippen LogP contribution is 2.33. The lowest BCUT2D eigenvalue weighted by Crippen LogP contribution is -2.46. The number of piperazine rings is 1. The molecule has 8 nitrogen and oxygen atoms in total. The lowest BCUT2D eigenvalue weighted by Gasteiger charge is -2.36. The highest BCUT2D eigenvalue weighted by atomic mass is 35.5. The van der Waals surface area contributed by atoms with Crippen molar-refractivity contribution in [2.45, 2.75) is 25.7 Å². The van der Waals surface area contributed by atoms with Crippen LogP contribution in [0.4, 0.5) is 16.2 Å². The summed E-state index contributed by atoms with van der Waals surface area (Å²) >= 11 is 12.5. The van der Waals surface area contributed by atoms with Crippen LogP contribution in [0.15, 0.2) is 41.4 Å².